The van der Waals surface area contributed by atoms with E-state index in [4.69, 9.17) is 9.47 Å². The number of hydrogen-bond donors (Lipinski definition) is 1. The summed E-state index contributed by atoms with van der Waals surface area (Å²) in [5, 5.41) is 3.28. The van der Waals surface area contributed by atoms with Crippen LogP contribution in [0.25, 0.3) is 10.2 Å². The molecule has 32 heavy (non-hydrogen) atoms. The molecule has 0 bridgehead atoms. The number of aromatic nitrogens is 1. The molecule has 0 aliphatic rings. The third kappa shape index (κ3) is 5.31. The smallest absolute Gasteiger partial charge is 0.338 e. The molecular weight excluding hydrogens is 424 g/mol. The average Bonchev–Trinajstić information content (AvgIpc) is 3.19. The van der Waals surface area contributed by atoms with E-state index in [9.17, 15) is 9.59 Å². The summed E-state index contributed by atoms with van der Waals surface area (Å²) in [5.41, 5.74) is 2.73. The van der Waals surface area contributed by atoms with Crippen molar-refractivity contribution in [2.24, 2.45) is 0 Å². The lowest BCUT2D eigenvalue weighted by Gasteiger charge is -2.07. The van der Waals surface area contributed by atoms with Gasteiger partial charge in [0.15, 0.2) is 5.13 Å². The van der Waals surface area contributed by atoms with E-state index in [2.05, 4.69) is 10.3 Å². The van der Waals surface area contributed by atoms with Gasteiger partial charge in [-0.2, -0.15) is 0 Å². The lowest BCUT2D eigenvalue weighted by Crippen LogP contribution is -2.11. The van der Waals surface area contributed by atoms with Crippen molar-refractivity contribution in [1.29, 1.82) is 0 Å². The van der Waals surface area contributed by atoms with E-state index < -0.39 is 0 Å². The second-order valence-corrected chi connectivity index (χ2v) is 8.44. The van der Waals surface area contributed by atoms with Gasteiger partial charge in [0.25, 0.3) is 5.91 Å². The Bertz CT molecular complexity index is 1230. The van der Waals surface area contributed by atoms with Crippen LogP contribution in [0.15, 0.2) is 72.8 Å². The molecule has 0 spiro atoms. The number of rotatable bonds is 7. The van der Waals surface area contributed by atoms with Gasteiger partial charge in [-0.3, -0.25) is 10.1 Å². The Morgan fingerprint density at radius 2 is 1.69 bits per heavy atom. The topological polar surface area (TPSA) is 77.5 Å². The molecule has 0 aliphatic carbocycles. The largest absolute Gasteiger partial charge is 0.489 e. The van der Waals surface area contributed by atoms with E-state index in [0.717, 1.165) is 10.3 Å². The van der Waals surface area contributed by atoms with Gasteiger partial charge in [-0.05, 0) is 61.9 Å². The fourth-order valence-corrected chi connectivity index (χ4v) is 3.90. The summed E-state index contributed by atoms with van der Waals surface area (Å²) in [7, 11) is 0. The molecular formula is C25H22N2O4S. The molecule has 1 N–H and O–H groups in total. The van der Waals surface area contributed by atoms with E-state index in [1.807, 2.05) is 30.3 Å². The molecule has 6 nitrogen and oxygen atoms in total. The number of nitrogens with one attached hydrogen (secondary N) is 1. The number of thiazole rings is 1. The first kappa shape index (κ1) is 21.5. The first-order valence-corrected chi connectivity index (χ1v) is 11.0. The van der Waals surface area contributed by atoms with Crippen LogP contribution >= 0.6 is 11.3 Å². The molecule has 1 heterocycles. The second kappa shape index (κ2) is 9.62. The molecule has 3 aromatic carbocycles. The van der Waals surface area contributed by atoms with Crippen molar-refractivity contribution in [3.63, 3.8) is 0 Å². The lowest BCUT2D eigenvalue weighted by molar-refractivity contribution is 0.0378. The summed E-state index contributed by atoms with van der Waals surface area (Å²) >= 11 is 1.30. The number of carbonyl (C=O) groups excluding carboxylic acids is 2. The molecule has 0 atom stereocenters. The number of esters is 1. The van der Waals surface area contributed by atoms with Gasteiger partial charge in [-0.25, -0.2) is 9.78 Å². The van der Waals surface area contributed by atoms with E-state index in [-0.39, 0.29) is 18.0 Å². The lowest BCUT2D eigenvalue weighted by atomic mass is 10.2. The molecule has 4 aromatic rings. The molecule has 0 saturated carbocycles. The summed E-state index contributed by atoms with van der Waals surface area (Å²) < 4.78 is 11.8. The summed E-state index contributed by atoms with van der Waals surface area (Å²) in [5.74, 6) is 0.0415. The molecule has 162 valence electrons. The average molecular weight is 447 g/mol. The number of nitrogens with zero attached hydrogens (tertiary/aromatic N) is 1. The molecule has 0 fully saturated rings. The van der Waals surface area contributed by atoms with Crippen molar-refractivity contribution >= 4 is 38.6 Å². The first-order valence-electron chi connectivity index (χ1n) is 10.2. The third-order valence-corrected chi connectivity index (χ3v) is 5.49. The van der Waals surface area contributed by atoms with Crippen LogP contribution < -0.4 is 10.1 Å². The highest BCUT2D eigenvalue weighted by atomic mass is 32.1. The third-order valence-electron chi connectivity index (χ3n) is 4.55. The normalized spacial score (nSPS) is 10.8. The number of benzene rings is 3. The van der Waals surface area contributed by atoms with Crippen LogP contribution in [-0.2, 0) is 11.3 Å². The molecule has 4 rings (SSSR count). The Hall–Kier alpha value is -3.71. The van der Waals surface area contributed by atoms with Crippen LogP contribution in [0.2, 0.25) is 0 Å². The van der Waals surface area contributed by atoms with Crippen molar-refractivity contribution < 1.29 is 19.1 Å². The van der Waals surface area contributed by atoms with Crippen LogP contribution in [0.5, 0.6) is 5.75 Å². The number of anilines is 1. The van der Waals surface area contributed by atoms with Crippen LogP contribution in [0.3, 0.4) is 0 Å². The van der Waals surface area contributed by atoms with Crippen molar-refractivity contribution in [3.8, 4) is 5.75 Å². The minimum absolute atomic E-state index is 0.190. The summed E-state index contributed by atoms with van der Waals surface area (Å²) in [6.07, 6.45) is -0.190. The van der Waals surface area contributed by atoms with Crippen molar-refractivity contribution in [3.05, 3.63) is 89.5 Å². The minimum atomic E-state index is -0.379. The van der Waals surface area contributed by atoms with Gasteiger partial charge in [0.1, 0.15) is 12.4 Å². The number of ether oxygens (including phenoxy) is 2. The standard InChI is InChI=1S/C25H22N2O4S/c1-16(2)31-24(29)19-10-13-21-22(14-19)32-25(26-21)27-23(28)18-8-11-20(12-9-18)30-15-17-6-4-3-5-7-17/h3-14,16H,15H2,1-2H3,(H,26,27,28). The van der Waals surface area contributed by atoms with Crippen molar-refractivity contribution in [2.45, 2.75) is 26.6 Å². The minimum Gasteiger partial charge on any atom is -0.489 e. The van der Waals surface area contributed by atoms with Gasteiger partial charge in [-0.1, -0.05) is 41.7 Å². The van der Waals surface area contributed by atoms with Gasteiger partial charge in [0.2, 0.25) is 0 Å². The molecule has 0 unspecified atom stereocenters. The Morgan fingerprint density at radius 3 is 2.41 bits per heavy atom. The Labute approximate surface area is 189 Å². The molecule has 0 aliphatic heterocycles. The highest BCUT2D eigenvalue weighted by molar-refractivity contribution is 7.22. The highest BCUT2D eigenvalue weighted by Crippen LogP contribution is 2.28. The Kier molecular flexibility index (Phi) is 6.47. The monoisotopic (exact) mass is 446 g/mol. The maximum Gasteiger partial charge on any atom is 0.338 e. The predicted molar refractivity (Wildman–Crippen MR) is 125 cm³/mol. The van der Waals surface area contributed by atoms with Gasteiger partial charge >= 0.3 is 5.97 Å². The van der Waals surface area contributed by atoms with Crippen molar-refractivity contribution in [2.75, 3.05) is 5.32 Å². The van der Waals surface area contributed by atoms with E-state index in [1.165, 1.54) is 11.3 Å². The highest BCUT2D eigenvalue weighted by Gasteiger charge is 2.14. The van der Waals surface area contributed by atoms with Crippen LogP contribution in [0, 0.1) is 0 Å². The van der Waals surface area contributed by atoms with Crippen LogP contribution in [0.1, 0.15) is 40.1 Å². The van der Waals surface area contributed by atoms with Crippen molar-refractivity contribution in [1.82, 2.24) is 4.98 Å². The molecule has 1 aromatic heterocycles. The predicted octanol–water partition coefficient (Wildman–Crippen LogP) is 5.69. The van der Waals surface area contributed by atoms with E-state index in [0.29, 0.717) is 34.1 Å². The molecule has 7 heteroatoms. The maximum absolute atomic E-state index is 12.6. The van der Waals surface area contributed by atoms with Gasteiger partial charge in [0.05, 0.1) is 21.9 Å². The number of hydrogen-bond acceptors (Lipinski definition) is 6. The Morgan fingerprint density at radius 1 is 0.969 bits per heavy atom. The molecule has 0 saturated heterocycles. The van der Waals surface area contributed by atoms with Crippen LogP contribution in [-0.4, -0.2) is 23.0 Å². The number of carbonyl (C=O) groups is 2. The fourth-order valence-electron chi connectivity index (χ4n) is 3.00. The SMILES string of the molecule is CC(C)OC(=O)c1ccc2nc(NC(=O)c3ccc(OCc4ccccc4)cc3)sc2c1. The van der Waals surface area contributed by atoms with Crippen LogP contribution in [0.4, 0.5) is 5.13 Å². The van der Waals surface area contributed by atoms with E-state index >= 15 is 0 Å². The van der Waals surface area contributed by atoms with Gasteiger partial charge in [0, 0.05) is 5.56 Å². The van der Waals surface area contributed by atoms with E-state index in [1.54, 1.807) is 56.3 Å². The summed E-state index contributed by atoms with van der Waals surface area (Å²) in [4.78, 5) is 29.2. The van der Waals surface area contributed by atoms with Gasteiger partial charge < -0.3 is 9.47 Å². The second-order valence-electron chi connectivity index (χ2n) is 7.41. The molecule has 1 amide bonds. The Balaban J connectivity index is 1.40. The van der Waals surface area contributed by atoms with Gasteiger partial charge in [-0.15, -0.1) is 0 Å². The first-order chi connectivity index (χ1) is 15.5. The zero-order valence-electron chi connectivity index (χ0n) is 17.7. The summed E-state index contributed by atoms with van der Waals surface area (Å²) in [6, 6.07) is 22.0. The summed E-state index contributed by atoms with van der Waals surface area (Å²) in [6.45, 7) is 4.07. The maximum atomic E-state index is 12.6. The zero-order chi connectivity index (χ0) is 22.5. The number of fused-ring (bicyclic) bond motifs is 1. The number of amides is 1. The quantitative estimate of drug-likeness (QED) is 0.369. The molecule has 0 radical (unpaired) electrons. The fraction of sp³-hybridized carbons (Fsp3) is 0.160. The zero-order valence-corrected chi connectivity index (χ0v) is 18.5.